The third-order valence-corrected chi connectivity index (χ3v) is 4.25. The first kappa shape index (κ1) is 19.5. The minimum Gasteiger partial charge on any atom is -0.324 e. The van der Waals surface area contributed by atoms with E-state index in [4.69, 9.17) is 0 Å². The smallest absolute Gasteiger partial charge is 0.224 e. The van der Waals surface area contributed by atoms with Crippen molar-refractivity contribution in [2.45, 2.75) is 32.6 Å². The van der Waals surface area contributed by atoms with E-state index >= 15 is 0 Å². The molecule has 0 radical (unpaired) electrons. The van der Waals surface area contributed by atoms with Crippen molar-refractivity contribution in [3.63, 3.8) is 0 Å². The van der Waals surface area contributed by atoms with Crippen LogP contribution in [0, 0.1) is 5.92 Å². The van der Waals surface area contributed by atoms with Crippen LogP contribution in [0.15, 0.2) is 24.3 Å². The van der Waals surface area contributed by atoms with Gasteiger partial charge in [0.1, 0.15) is 0 Å². The molecule has 0 spiro atoms. The van der Waals surface area contributed by atoms with Crippen LogP contribution in [0.5, 0.6) is 0 Å². The Morgan fingerprint density at radius 3 is 2.57 bits per heavy atom. The van der Waals surface area contributed by atoms with E-state index < -0.39 is 0 Å². The molecule has 0 unspecified atom stereocenters. The summed E-state index contributed by atoms with van der Waals surface area (Å²) in [6.45, 7) is 3.62. The summed E-state index contributed by atoms with van der Waals surface area (Å²) in [5.74, 6) is 0.599. The molecule has 1 saturated heterocycles. The Bertz CT molecular complexity index is 530. The van der Waals surface area contributed by atoms with Gasteiger partial charge >= 0.3 is 0 Å². The zero-order valence-corrected chi connectivity index (χ0v) is 14.6. The fourth-order valence-electron chi connectivity index (χ4n) is 2.76. The van der Waals surface area contributed by atoms with Gasteiger partial charge in [-0.3, -0.25) is 9.59 Å². The molecule has 0 aromatic heterocycles. The maximum atomic E-state index is 12.2. The number of nitrogens with one attached hydrogen (secondary N) is 2. The molecule has 1 heterocycles. The van der Waals surface area contributed by atoms with Gasteiger partial charge in [-0.2, -0.15) is 0 Å². The third kappa shape index (κ3) is 5.84. The van der Waals surface area contributed by atoms with E-state index in [-0.39, 0.29) is 24.2 Å². The van der Waals surface area contributed by atoms with Crippen LogP contribution in [0.2, 0.25) is 0 Å². The van der Waals surface area contributed by atoms with E-state index in [2.05, 4.69) is 10.6 Å². The zero-order valence-electron chi connectivity index (χ0n) is 13.8. The summed E-state index contributed by atoms with van der Waals surface area (Å²) in [6.07, 6.45) is 3.76. The second kappa shape index (κ2) is 9.53. The lowest BCUT2D eigenvalue weighted by Crippen LogP contribution is -2.28. The molecule has 1 aromatic carbocycles. The lowest BCUT2D eigenvalue weighted by atomic mass is 9.93. The van der Waals surface area contributed by atoms with E-state index in [1.54, 1.807) is 11.9 Å². The number of piperidine rings is 1. The van der Waals surface area contributed by atoms with Gasteiger partial charge in [-0.05, 0) is 50.4 Å². The van der Waals surface area contributed by atoms with E-state index in [1.807, 2.05) is 24.3 Å². The van der Waals surface area contributed by atoms with Gasteiger partial charge in [0.15, 0.2) is 0 Å². The molecule has 1 aliphatic heterocycles. The number of carbonyl (C=O) groups excluding carboxylic acids is 2. The van der Waals surface area contributed by atoms with Gasteiger partial charge in [-0.25, -0.2) is 0 Å². The van der Waals surface area contributed by atoms with Gasteiger partial charge < -0.3 is 15.5 Å². The van der Waals surface area contributed by atoms with Crippen molar-refractivity contribution in [2.75, 3.05) is 30.4 Å². The van der Waals surface area contributed by atoms with Crippen molar-refractivity contribution in [1.82, 2.24) is 5.32 Å². The Morgan fingerprint density at radius 2 is 1.91 bits per heavy atom. The maximum Gasteiger partial charge on any atom is 0.224 e. The number of anilines is 2. The highest BCUT2D eigenvalue weighted by Gasteiger charge is 2.16. The fourth-order valence-corrected chi connectivity index (χ4v) is 2.76. The van der Waals surface area contributed by atoms with E-state index in [0.717, 1.165) is 38.0 Å². The summed E-state index contributed by atoms with van der Waals surface area (Å²) >= 11 is 0. The lowest BCUT2D eigenvalue weighted by Gasteiger charge is -2.22. The number of benzene rings is 1. The largest absolute Gasteiger partial charge is 0.324 e. The molecule has 128 valence electrons. The number of rotatable bonds is 5. The molecule has 0 saturated carbocycles. The first-order valence-electron chi connectivity index (χ1n) is 7.92. The summed E-state index contributed by atoms with van der Waals surface area (Å²) in [7, 11) is 1.71. The number of hydrogen-bond donors (Lipinski definition) is 2. The minimum atomic E-state index is -0.0589. The molecule has 1 fully saturated rings. The Balaban J connectivity index is 0.00000264. The average molecular weight is 340 g/mol. The molecule has 6 heteroatoms. The van der Waals surface area contributed by atoms with Crippen molar-refractivity contribution in [3.05, 3.63) is 24.3 Å². The highest BCUT2D eigenvalue weighted by molar-refractivity contribution is 5.99. The Morgan fingerprint density at radius 1 is 1.26 bits per heavy atom. The molecule has 2 amide bonds. The summed E-state index contributed by atoms with van der Waals surface area (Å²) in [4.78, 5) is 25.2. The Hall–Kier alpha value is -1.59. The Labute approximate surface area is 144 Å². The molecular weight excluding hydrogens is 314 g/mol. The number of para-hydroxylation sites is 2. The van der Waals surface area contributed by atoms with Crippen molar-refractivity contribution >= 4 is 35.6 Å². The van der Waals surface area contributed by atoms with Gasteiger partial charge in [-0.1, -0.05) is 12.1 Å². The summed E-state index contributed by atoms with van der Waals surface area (Å²) in [6, 6.07) is 7.39. The fraction of sp³-hybridized carbons (Fsp3) is 0.529. The van der Waals surface area contributed by atoms with Crippen LogP contribution in [0.3, 0.4) is 0 Å². The van der Waals surface area contributed by atoms with Crippen molar-refractivity contribution in [1.29, 1.82) is 0 Å². The van der Waals surface area contributed by atoms with Crippen molar-refractivity contribution < 1.29 is 9.59 Å². The number of hydrogen-bond acceptors (Lipinski definition) is 3. The van der Waals surface area contributed by atoms with Crippen LogP contribution in [-0.2, 0) is 9.59 Å². The molecule has 2 N–H and O–H groups in total. The predicted molar refractivity (Wildman–Crippen MR) is 96.2 cm³/mol. The topological polar surface area (TPSA) is 61.4 Å². The minimum absolute atomic E-state index is 0. The highest BCUT2D eigenvalue weighted by Crippen LogP contribution is 2.25. The molecule has 0 atom stereocenters. The van der Waals surface area contributed by atoms with Gasteiger partial charge in [0.05, 0.1) is 11.4 Å². The molecule has 0 bridgehead atoms. The molecule has 2 rings (SSSR count). The molecule has 1 aliphatic rings. The lowest BCUT2D eigenvalue weighted by molar-refractivity contribution is -0.117. The standard InChI is InChI=1S/C17H25N3O2.ClH/c1-13(21)20(2)16-6-4-3-5-15(16)19-17(22)8-7-14-9-11-18-12-10-14;/h3-6,14,18H,7-12H2,1-2H3,(H,19,22);1H. The first-order chi connectivity index (χ1) is 10.6. The zero-order chi connectivity index (χ0) is 15.9. The summed E-state index contributed by atoms with van der Waals surface area (Å²) < 4.78 is 0. The second-order valence-electron chi connectivity index (χ2n) is 5.88. The van der Waals surface area contributed by atoms with E-state index in [1.165, 1.54) is 6.92 Å². The molecule has 23 heavy (non-hydrogen) atoms. The quantitative estimate of drug-likeness (QED) is 0.867. The average Bonchev–Trinajstić information content (AvgIpc) is 2.53. The van der Waals surface area contributed by atoms with Crippen molar-refractivity contribution in [2.24, 2.45) is 5.92 Å². The van der Waals surface area contributed by atoms with Crippen LogP contribution in [0.25, 0.3) is 0 Å². The molecule has 1 aromatic rings. The summed E-state index contributed by atoms with van der Waals surface area (Å²) in [5, 5.41) is 6.27. The highest BCUT2D eigenvalue weighted by atomic mass is 35.5. The molecular formula is C17H26ClN3O2. The third-order valence-electron chi connectivity index (χ3n) is 4.25. The van der Waals surface area contributed by atoms with Crippen molar-refractivity contribution in [3.8, 4) is 0 Å². The maximum absolute atomic E-state index is 12.2. The SMILES string of the molecule is CC(=O)N(C)c1ccccc1NC(=O)CCC1CCNCC1.Cl. The monoisotopic (exact) mass is 339 g/mol. The van der Waals surface area contributed by atoms with E-state index in [9.17, 15) is 9.59 Å². The van der Waals surface area contributed by atoms with Gasteiger partial charge in [-0.15, -0.1) is 12.4 Å². The molecule has 5 nitrogen and oxygen atoms in total. The van der Waals surface area contributed by atoms with Crippen LogP contribution >= 0.6 is 12.4 Å². The van der Waals surface area contributed by atoms with Crippen LogP contribution in [-0.4, -0.2) is 32.0 Å². The predicted octanol–water partition coefficient (Wildman–Crippen LogP) is 2.81. The Kier molecular flexibility index (Phi) is 8.06. The first-order valence-corrected chi connectivity index (χ1v) is 7.92. The number of halogens is 1. The van der Waals surface area contributed by atoms with Gasteiger partial charge in [0.2, 0.25) is 11.8 Å². The van der Waals surface area contributed by atoms with Crippen LogP contribution in [0.4, 0.5) is 11.4 Å². The van der Waals surface area contributed by atoms with E-state index in [0.29, 0.717) is 18.0 Å². The summed E-state index contributed by atoms with van der Waals surface area (Å²) in [5.41, 5.74) is 1.42. The number of nitrogens with zero attached hydrogens (tertiary/aromatic N) is 1. The van der Waals surface area contributed by atoms with Crippen LogP contribution < -0.4 is 15.5 Å². The van der Waals surface area contributed by atoms with Crippen LogP contribution in [0.1, 0.15) is 32.6 Å². The van der Waals surface area contributed by atoms with Gasteiger partial charge in [0, 0.05) is 20.4 Å². The number of carbonyl (C=O) groups is 2. The molecule has 0 aliphatic carbocycles. The normalized spacial score (nSPS) is 14.7. The number of amides is 2. The second-order valence-corrected chi connectivity index (χ2v) is 5.88. The van der Waals surface area contributed by atoms with Gasteiger partial charge in [0.25, 0.3) is 0 Å².